The van der Waals surface area contributed by atoms with Crippen LogP contribution in [0.2, 0.25) is 0 Å². The molecule has 0 heterocycles. The van der Waals surface area contributed by atoms with Crippen molar-refractivity contribution in [2.45, 2.75) is 32.3 Å². The summed E-state index contributed by atoms with van der Waals surface area (Å²) in [5, 5.41) is 0. The summed E-state index contributed by atoms with van der Waals surface area (Å²) in [5.74, 6) is 1.74. The second-order valence-electron chi connectivity index (χ2n) is 3.66. The highest BCUT2D eigenvalue weighted by atomic mass is 16.5. The van der Waals surface area contributed by atoms with Crippen LogP contribution >= 0.6 is 0 Å². The van der Waals surface area contributed by atoms with Gasteiger partial charge in [0.25, 0.3) is 0 Å². The van der Waals surface area contributed by atoms with E-state index in [1.54, 1.807) is 7.11 Å². The monoisotopic (exact) mass is 192 g/mol. The maximum absolute atomic E-state index is 5.76. The minimum atomic E-state index is 0.427. The average molecular weight is 192 g/mol. The van der Waals surface area contributed by atoms with Crippen LogP contribution in [-0.2, 0) is 6.42 Å². The van der Waals surface area contributed by atoms with Crippen LogP contribution in [0.15, 0.2) is 18.2 Å². The molecule has 0 radical (unpaired) electrons. The molecule has 1 aromatic rings. The van der Waals surface area contributed by atoms with Gasteiger partial charge >= 0.3 is 0 Å². The SMILES string of the molecule is CCc1ccc(OC)c(OC2CC2)c1. The Kier molecular flexibility index (Phi) is 2.62. The molecule has 2 rings (SSSR count). The van der Waals surface area contributed by atoms with Crippen molar-refractivity contribution in [1.29, 1.82) is 0 Å². The Bertz CT molecular complexity index is 316. The van der Waals surface area contributed by atoms with Gasteiger partial charge in [-0.05, 0) is 37.0 Å². The minimum Gasteiger partial charge on any atom is -0.493 e. The molecule has 14 heavy (non-hydrogen) atoms. The maximum atomic E-state index is 5.76. The number of hydrogen-bond acceptors (Lipinski definition) is 2. The molecule has 0 amide bonds. The van der Waals surface area contributed by atoms with Gasteiger partial charge in [-0.2, -0.15) is 0 Å². The maximum Gasteiger partial charge on any atom is 0.161 e. The number of ether oxygens (including phenoxy) is 2. The Hall–Kier alpha value is -1.18. The van der Waals surface area contributed by atoms with Crippen LogP contribution in [0.4, 0.5) is 0 Å². The quantitative estimate of drug-likeness (QED) is 0.730. The van der Waals surface area contributed by atoms with Crippen LogP contribution in [0.5, 0.6) is 11.5 Å². The van der Waals surface area contributed by atoms with Crippen LogP contribution in [0.25, 0.3) is 0 Å². The Labute approximate surface area is 84.8 Å². The highest BCUT2D eigenvalue weighted by molar-refractivity contribution is 5.43. The number of rotatable bonds is 4. The molecule has 1 fully saturated rings. The Balaban J connectivity index is 2.21. The zero-order chi connectivity index (χ0) is 9.97. The lowest BCUT2D eigenvalue weighted by molar-refractivity contribution is 0.282. The van der Waals surface area contributed by atoms with Gasteiger partial charge in [0.15, 0.2) is 11.5 Å². The highest BCUT2D eigenvalue weighted by Crippen LogP contribution is 2.34. The Morgan fingerprint density at radius 3 is 2.64 bits per heavy atom. The Morgan fingerprint density at radius 1 is 1.29 bits per heavy atom. The van der Waals surface area contributed by atoms with E-state index in [2.05, 4.69) is 19.1 Å². The third-order valence-electron chi connectivity index (χ3n) is 2.45. The molecule has 0 unspecified atom stereocenters. The number of methoxy groups -OCH3 is 1. The van der Waals surface area contributed by atoms with Crippen molar-refractivity contribution in [1.82, 2.24) is 0 Å². The van der Waals surface area contributed by atoms with Gasteiger partial charge in [-0.15, -0.1) is 0 Å². The second kappa shape index (κ2) is 3.91. The molecule has 0 bridgehead atoms. The van der Waals surface area contributed by atoms with Crippen molar-refractivity contribution in [2.24, 2.45) is 0 Å². The number of aryl methyl sites for hydroxylation is 1. The number of benzene rings is 1. The first-order chi connectivity index (χ1) is 6.83. The Morgan fingerprint density at radius 2 is 2.07 bits per heavy atom. The molecular formula is C12H16O2. The van der Waals surface area contributed by atoms with Crippen LogP contribution in [0, 0.1) is 0 Å². The summed E-state index contributed by atoms with van der Waals surface area (Å²) in [4.78, 5) is 0. The molecule has 0 aromatic heterocycles. The third-order valence-corrected chi connectivity index (χ3v) is 2.45. The van der Waals surface area contributed by atoms with Crippen LogP contribution < -0.4 is 9.47 Å². The summed E-state index contributed by atoms with van der Waals surface area (Å²) in [5.41, 5.74) is 1.29. The van der Waals surface area contributed by atoms with E-state index in [1.165, 1.54) is 18.4 Å². The van der Waals surface area contributed by atoms with Crippen LogP contribution in [-0.4, -0.2) is 13.2 Å². The van der Waals surface area contributed by atoms with Gasteiger partial charge in [-0.25, -0.2) is 0 Å². The first-order valence-corrected chi connectivity index (χ1v) is 5.17. The first-order valence-electron chi connectivity index (χ1n) is 5.17. The molecule has 1 aliphatic rings. The summed E-state index contributed by atoms with van der Waals surface area (Å²) in [6, 6.07) is 6.15. The molecule has 0 spiro atoms. The van der Waals surface area contributed by atoms with E-state index in [0.29, 0.717) is 6.10 Å². The molecule has 2 heteroatoms. The molecular weight excluding hydrogens is 176 g/mol. The van der Waals surface area contributed by atoms with Gasteiger partial charge in [0.1, 0.15) is 0 Å². The van der Waals surface area contributed by atoms with Gasteiger partial charge in [-0.1, -0.05) is 13.0 Å². The van der Waals surface area contributed by atoms with Crippen LogP contribution in [0.1, 0.15) is 25.3 Å². The predicted molar refractivity (Wildman–Crippen MR) is 56.0 cm³/mol. The molecule has 0 aliphatic heterocycles. The summed E-state index contributed by atoms with van der Waals surface area (Å²) >= 11 is 0. The van der Waals surface area contributed by atoms with Crippen molar-refractivity contribution < 1.29 is 9.47 Å². The third kappa shape index (κ3) is 2.00. The van der Waals surface area contributed by atoms with Crippen molar-refractivity contribution >= 4 is 0 Å². The molecule has 0 atom stereocenters. The van der Waals surface area contributed by atoms with E-state index in [9.17, 15) is 0 Å². The van der Waals surface area contributed by atoms with Gasteiger partial charge in [0.2, 0.25) is 0 Å². The summed E-state index contributed by atoms with van der Waals surface area (Å²) < 4.78 is 11.0. The van der Waals surface area contributed by atoms with E-state index in [-0.39, 0.29) is 0 Å². The van der Waals surface area contributed by atoms with Gasteiger partial charge < -0.3 is 9.47 Å². The van der Waals surface area contributed by atoms with E-state index in [4.69, 9.17) is 9.47 Å². The molecule has 0 N–H and O–H groups in total. The molecule has 0 saturated heterocycles. The lowest BCUT2D eigenvalue weighted by atomic mass is 10.1. The standard InChI is InChI=1S/C12H16O2/c1-3-9-4-7-11(13-2)12(8-9)14-10-5-6-10/h4,7-8,10H,3,5-6H2,1-2H3. The van der Waals surface area contributed by atoms with Gasteiger partial charge in [-0.3, -0.25) is 0 Å². The number of hydrogen-bond donors (Lipinski definition) is 0. The smallest absolute Gasteiger partial charge is 0.161 e. The van der Waals surface area contributed by atoms with Gasteiger partial charge in [0, 0.05) is 0 Å². The fourth-order valence-corrected chi connectivity index (χ4v) is 1.40. The van der Waals surface area contributed by atoms with Crippen molar-refractivity contribution in [2.75, 3.05) is 7.11 Å². The molecule has 1 aliphatic carbocycles. The molecule has 76 valence electrons. The van der Waals surface area contributed by atoms with Gasteiger partial charge in [0.05, 0.1) is 13.2 Å². The summed E-state index contributed by atoms with van der Waals surface area (Å²) in [7, 11) is 1.68. The molecule has 1 aromatic carbocycles. The van der Waals surface area contributed by atoms with E-state index in [0.717, 1.165) is 17.9 Å². The van der Waals surface area contributed by atoms with E-state index < -0.39 is 0 Å². The second-order valence-corrected chi connectivity index (χ2v) is 3.66. The lowest BCUT2D eigenvalue weighted by Gasteiger charge is -2.10. The van der Waals surface area contributed by atoms with Crippen LogP contribution in [0.3, 0.4) is 0 Å². The first kappa shape index (κ1) is 9.38. The average Bonchev–Trinajstić information content (AvgIpc) is 3.01. The summed E-state index contributed by atoms with van der Waals surface area (Å²) in [6.45, 7) is 2.14. The minimum absolute atomic E-state index is 0.427. The normalized spacial score (nSPS) is 15.3. The van der Waals surface area contributed by atoms with Crippen molar-refractivity contribution in [3.8, 4) is 11.5 Å². The van der Waals surface area contributed by atoms with E-state index in [1.807, 2.05) is 6.07 Å². The molecule has 2 nitrogen and oxygen atoms in total. The fourth-order valence-electron chi connectivity index (χ4n) is 1.40. The predicted octanol–water partition coefficient (Wildman–Crippen LogP) is 2.80. The lowest BCUT2D eigenvalue weighted by Crippen LogP contribution is -1.99. The largest absolute Gasteiger partial charge is 0.493 e. The zero-order valence-corrected chi connectivity index (χ0v) is 8.75. The molecule has 1 saturated carbocycles. The van der Waals surface area contributed by atoms with Crippen molar-refractivity contribution in [3.63, 3.8) is 0 Å². The van der Waals surface area contributed by atoms with E-state index >= 15 is 0 Å². The summed E-state index contributed by atoms with van der Waals surface area (Å²) in [6.07, 6.45) is 3.82. The van der Waals surface area contributed by atoms with Crippen molar-refractivity contribution in [3.05, 3.63) is 23.8 Å². The fraction of sp³-hybridized carbons (Fsp3) is 0.500. The topological polar surface area (TPSA) is 18.5 Å². The highest BCUT2D eigenvalue weighted by Gasteiger charge is 2.24. The zero-order valence-electron chi connectivity index (χ0n) is 8.75.